The predicted octanol–water partition coefficient (Wildman–Crippen LogP) is 4.63. The average molecular weight is 448 g/mol. The Hall–Kier alpha value is -3.78. The summed E-state index contributed by atoms with van der Waals surface area (Å²) in [4.78, 5) is 12.5. The molecular weight excluding hydrogens is 426 g/mol. The van der Waals surface area contributed by atoms with Crippen LogP contribution < -0.4 is 5.32 Å². The molecule has 32 heavy (non-hydrogen) atoms. The van der Waals surface area contributed by atoms with Gasteiger partial charge in [-0.2, -0.15) is 15.4 Å². The van der Waals surface area contributed by atoms with Gasteiger partial charge in [-0.05, 0) is 54.4 Å². The summed E-state index contributed by atoms with van der Waals surface area (Å²) in [6.07, 6.45) is -0.287. The molecule has 0 aliphatic carbocycles. The van der Waals surface area contributed by atoms with Gasteiger partial charge in [0.25, 0.3) is 5.91 Å². The van der Waals surface area contributed by atoms with Crippen LogP contribution in [0, 0.1) is 5.92 Å². The van der Waals surface area contributed by atoms with Crippen molar-refractivity contribution in [1.29, 1.82) is 0 Å². The van der Waals surface area contributed by atoms with Crippen molar-refractivity contribution in [2.45, 2.75) is 20.0 Å². The number of fused-ring (bicyclic) bond motifs is 2. The lowest BCUT2D eigenvalue weighted by atomic mass is 10.1. The maximum atomic E-state index is 12.5. The Kier molecular flexibility index (Phi) is 6.42. The summed E-state index contributed by atoms with van der Waals surface area (Å²) in [5.41, 5.74) is 4.08. The lowest BCUT2D eigenvalue weighted by Crippen LogP contribution is -2.36. The maximum Gasteiger partial charge on any atom is 0.252 e. The van der Waals surface area contributed by atoms with E-state index >= 15 is 0 Å². The highest BCUT2D eigenvalue weighted by Crippen LogP contribution is 2.20. The number of nitrogens with zero attached hydrogens (tertiary/aromatic N) is 5. The molecule has 0 bridgehead atoms. The number of rotatable bonds is 4. The first-order valence-corrected chi connectivity index (χ1v) is 10.5. The monoisotopic (exact) mass is 447 g/mol. The average Bonchev–Trinajstić information content (AvgIpc) is 3.45. The fourth-order valence-corrected chi connectivity index (χ4v) is 3.33. The second-order valence-electron chi connectivity index (χ2n) is 7.50. The number of nitrogens with one attached hydrogen (secondary N) is 2. The lowest BCUT2D eigenvalue weighted by molar-refractivity contribution is 0.0896. The van der Waals surface area contributed by atoms with Crippen LogP contribution in [0.25, 0.3) is 22.1 Å². The molecule has 8 nitrogen and oxygen atoms in total. The van der Waals surface area contributed by atoms with Crippen molar-refractivity contribution in [3.8, 4) is 0 Å². The quantitative estimate of drug-likeness (QED) is 0.418. The van der Waals surface area contributed by atoms with Gasteiger partial charge in [-0.25, -0.2) is 4.68 Å². The third kappa shape index (κ3) is 4.76. The topological polar surface area (TPSA) is 101 Å². The normalized spacial score (nSPS) is 11.9. The van der Waals surface area contributed by atoms with Crippen LogP contribution in [0.1, 0.15) is 30.4 Å². The summed E-state index contributed by atoms with van der Waals surface area (Å²) < 4.78 is 1.76. The minimum absolute atomic E-state index is 0.149. The minimum Gasteiger partial charge on any atom is -0.330 e. The molecule has 0 saturated heterocycles. The third-order valence-corrected chi connectivity index (χ3v) is 5.13. The summed E-state index contributed by atoms with van der Waals surface area (Å²) in [6.45, 7) is 4.06. The summed E-state index contributed by atoms with van der Waals surface area (Å²) >= 11 is 5.87. The highest BCUT2D eigenvalue weighted by Gasteiger charge is 2.22. The molecule has 0 spiro atoms. The summed E-state index contributed by atoms with van der Waals surface area (Å²) in [5, 5.41) is 22.3. The SMILES string of the molecule is CC(C)C(NC(=O)c1ccc(Cl)cc1)n1nnc2ccccc21.c1ccc2n[nH]nc2c1. The van der Waals surface area contributed by atoms with Crippen LogP contribution in [0.15, 0.2) is 72.8 Å². The van der Waals surface area contributed by atoms with Gasteiger partial charge >= 0.3 is 0 Å². The van der Waals surface area contributed by atoms with Crippen LogP contribution in [0.5, 0.6) is 0 Å². The van der Waals surface area contributed by atoms with E-state index in [9.17, 15) is 4.79 Å². The van der Waals surface area contributed by atoms with E-state index in [0.29, 0.717) is 10.6 Å². The molecule has 0 saturated carbocycles. The molecule has 0 aliphatic rings. The van der Waals surface area contributed by atoms with Crippen LogP contribution in [-0.2, 0) is 0 Å². The van der Waals surface area contributed by atoms with Crippen molar-refractivity contribution in [3.63, 3.8) is 0 Å². The van der Waals surface area contributed by atoms with Crippen LogP contribution >= 0.6 is 11.6 Å². The zero-order valence-corrected chi connectivity index (χ0v) is 18.4. The molecule has 5 aromatic rings. The summed E-state index contributed by atoms with van der Waals surface area (Å²) in [6, 6.07) is 22.2. The van der Waals surface area contributed by atoms with Gasteiger partial charge < -0.3 is 5.32 Å². The van der Waals surface area contributed by atoms with Crippen molar-refractivity contribution < 1.29 is 4.79 Å². The van der Waals surface area contributed by atoms with Crippen molar-refractivity contribution in [3.05, 3.63) is 83.4 Å². The van der Waals surface area contributed by atoms with E-state index in [4.69, 9.17) is 11.6 Å². The molecule has 0 radical (unpaired) electrons. The number of hydrogen-bond donors (Lipinski definition) is 2. The number of para-hydroxylation sites is 3. The Labute approximate surface area is 189 Å². The highest BCUT2D eigenvalue weighted by atomic mass is 35.5. The summed E-state index contributed by atoms with van der Waals surface area (Å²) in [5.74, 6) is -0.0173. The predicted molar refractivity (Wildman–Crippen MR) is 124 cm³/mol. The van der Waals surface area contributed by atoms with E-state index in [1.165, 1.54) is 0 Å². The van der Waals surface area contributed by atoms with Gasteiger partial charge in [-0.3, -0.25) is 4.79 Å². The molecule has 2 N–H and O–H groups in total. The van der Waals surface area contributed by atoms with Gasteiger partial charge in [0.2, 0.25) is 0 Å². The van der Waals surface area contributed by atoms with Crippen molar-refractivity contribution in [2.75, 3.05) is 0 Å². The van der Waals surface area contributed by atoms with Gasteiger partial charge in [0, 0.05) is 10.6 Å². The van der Waals surface area contributed by atoms with Crippen molar-refractivity contribution in [2.24, 2.45) is 5.92 Å². The molecule has 9 heteroatoms. The van der Waals surface area contributed by atoms with E-state index in [1.807, 2.05) is 62.4 Å². The van der Waals surface area contributed by atoms with Crippen LogP contribution in [0.2, 0.25) is 5.02 Å². The van der Waals surface area contributed by atoms with E-state index in [2.05, 4.69) is 31.0 Å². The van der Waals surface area contributed by atoms with Crippen LogP contribution in [0.4, 0.5) is 0 Å². The molecule has 1 unspecified atom stereocenters. The smallest absolute Gasteiger partial charge is 0.252 e. The minimum atomic E-state index is -0.287. The zero-order chi connectivity index (χ0) is 22.5. The molecule has 2 heterocycles. The van der Waals surface area contributed by atoms with Crippen molar-refractivity contribution >= 4 is 39.6 Å². The van der Waals surface area contributed by atoms with E-state index in [0.717, 1.165) is 22.1 Å². The lowest BCUT2D eigenvalue weighted by Gasteiger charge is -2.23. The van der Waals surface area contributed by atoms with E-state index in [-0.39, 0.29) is 18.0 Å². The fraction of sp³-hybridized carbons (Fsp3) is 0.174. The number of H-pyrrole nitrogens is 1. The molecular formula is C23H22ClN7O. The highest BCUT2D eigenvalue weighted by molar-refractivity contribution is 6.30. The largest absolute Gasteiger partial charge is 0.330 e. The Morgan fingerprint density at radius 2 is 1.50 bits per heavy atom. The Morgan fingerprint density at radius 3 is 2.12 bits per heavy atom. The second kappa shape index (κ2) is 9.57. The number of hydrogen-bond acceptors (Lipinski definition) is 5. The number of carbonyl (C=O) groups is 1. The Bertz CT molecular complexity index is 1300. The maximum absolute atomic E-state index is 12.5. The number of carbonyl (C=O) groups excluding carboxylic acids is 1. The molecule has 162 valence electrons. The molecule has 1 atom stereocenters. The first-order chi connectivity index (χ1) is 15.5. The molecule has 1 amide bonds. The standard InChI is InChI=1S/C17H17ClN4O.C6H5N3/c1-11(2)16(19-17(23)12-7-9-13(18)10-8-12)22-15-6-4-3-5-14(15)20-21-22;1-2-4-6-5(3-1)7-9-8-6/h3-11,16H,1-2H3,(H,19,23);1-4H,(H,7,8,9). The number of aromatic nitrogens is 6. The molecule has 5 rings (SSSR count). The first-order valence-electron chi connectivity index (χ1n) is 10.1. The molecule has 2 aromatic heterocycles. The van der Waals surface area contributed by atoms with Gasteiger partial charge in [0.05, 0.1) is 5.52 Å². The van der Waals surface area contributed by atoms with Crippen LogP contribution in [0.3, 0.4) is 0 Å². The van der Waals surface area contributed by atoms with Gasteiger partial charge in [-0.15, -0.1) is 5.10 Å². The number of aromatic amines is 1. The number of halogens is 1. The van der Waals surface area contributed by atoms with Gasteiger partial charge in [0.1, 0.15) is 22.7 Å². The van der Waals surface area contributed by atoms with Gasteiger partial charge in [-0.1, -0.05) is 54.9 Å². The molecule has 3 aromatic carbocycles. The zero-order valence-electron chi connectivity index (χ0n) is 17.6. The second-order valence-corrected chi connectivity index (χ2v) is 7.94. The third-order valence-electron chi connectivity index (χ3n) is 4.88. The Balaban J connectivity index is 0.000000225. The first kappa shape index (κ1) is 21.5. The van der Waals surface area contributed by atoms with Crippen LogP contribution in [-0.4, -0.2) is 36.3 Å². The molecule has 0 fully saturated rings. The Morgan fingerprint density at radius 1 is 0.906 bits per heavy atom. The van der Waals surface area contributed by atoms with Crippen molar-refractivity contribution in [1.82, 2.24) is 35.7 Å². The van der Waals surface area contributed by atoms with E-state index in [1.54, 1.807) is 28.9 Å². The molecule has 0 aliphatic heterocycles. The number of amides is 1. The fourth-order valence-electron chi connectivity index (χ4n) is 3.21. The van der Waals surface area contributed by atoms with E-state index < -0.39 is 0 Å². The van der Waals surface area contributed by atoms with Gasteiger partial charge in [0.15, 0.2) is 0 Å². The summed E-state index contributed by atoms with van der Waals surface area (Å²) in [7, 11) is 0. The number of benzene rings is 3.